The Morgan fingerprint density at radius 3 is 2.40 bits per heavy atom. The average Bonchev–Trinajstić information content (AvgIpc) is 2.61. The maximum absolute atomic E-state index is 4.76. The van der Waals surface area contributed by atoms with E-state index in [-0.39, 0.29) is 0 Å². The summed E-state index contributed by atoms with van der Waals surface area (Å²) in [5, 5.41) is 2.52. The van der Waals surface area contributed by atoms with E-state index in [9.17, 15) is 0 Å². The molecule has 6 heteroatoms. The minimum Gasteiger partial charge on any atom is -0.264 e. The molecule has 122 valence electrons. The van der Waals surface area contributed by atoms with E-state index in [0.29, 0.717) is 11.0 Å². The van der Waals surface area contributed by atoms with Gasteiger partial charge in [0.25, 0.3) is 0 Å². The summed E-state index contributed by atoms with van der Waals surface area (Å²) in [5.74, 6) is 0.652. The van der Waals surface area contributed by atoms with Gasteiger partial charge in [0.1, 0.15) is 5.03 Å². The Kier molecular flexibility index (Phi) is 4.11. The summed E-state index contributed by atoms with van der Waals surface area (Å²) in [7, 11) is 0. The van der Waals surface area contributed by atoms with Crippen LogP contribution in [0, 0.1) is 13.8 Å². The maximum atomic E-state index is 4.76. The molecular formula is C19H15N5S. The van der Waals surface area contributed by atoms with Gasteiger partial charge in [0.15, 0.2) is 11.0 Å². The fourth-order valence-electron chi connectivity index (χ4n) is 2.58. The Hall–Kier alpha value is -2.86. The third-order valence-electron chi connectivity index (χ3n) is 3.64. The van der Waals surface area contributed by atoms with Gasteiger partial charge in [-0.15, -0.1) is 0 Å². The highest BCUT2D eigenvalue weighted by molar-refractivity contribution is 7.99. The van der Waals surface area contributed by atoms with Crippen molar-refractivity contribution in [3.05, 3.63) is 66.2 Å². The van der Waals surface area contributed by atoms with Crippen LogP contribution >= 0.6 is 11.8 Å². The summed E-state index contributed by atoms with van der Waals surface area (Å²) in [5.41, 5.74) is 3.67. The van der Waals surface area contributed by atoms with Gasteiger partial charge < -0.3 is 0 Å². The van der Waals surface area contributed by atoms with Crippen LogP contribution in [0.4, 0.5) is 0 Å². The van der Waals surface area contributed by atoms with E-state index < -0.39 is 0 Å². The van der Waals surface area contributed by atoms with Crippen molar-refractivity contribution in [2.24, 2.45) is 0 Å². The van der Waals surface area contributed by atoms with Crippen molar-refractivity contribution in [3.63, 3.8) is 0 Å². The van der Waals surface area contributed by atoms with Gasteiger partial charge in [-0.25, -0.2) is 19.9 Å². The average molecular weight is 345 g/mol. The molecule has 0 unspecified atom stereocenters. The lowest BCUT2D eigenvalue weighted by atomic mass is 10.2. The number of nitrogens with zero attached hydrogens (tertiary/aromatic N) is 5. The molecule has 0 atom stereocenters. The molecule has 25 heavy (non-hydrogen) atoms. The predicted octanol–water partition coefficient (Wildman–Crippen LogP) is 4.25. The van der Waals surface area contributed by atoms with Gasteiger partial charge in [0.05, 0.1) is 5.52 Å². The van der Waals surface area contributed by atoms with Crippen LogP contribution in [0.3, 0.4) is 0 Å². The van der Waals surface area contributed by atoms with Gasteiger partial charge >= 0.3 is 0 Å². The minimum atomic E-state index is 0.652. The number of aryl methyl sites for hydroxylation is 2. The van der Waals surface area contributed by atoms with Crippen molar-refractivity contribution < 1.29 is 0 Å². The number of para-hydroxylation sites is 1. The van der Waals surface area contributed by atoms with Gasteiger partial charge in [-0.05, 0) is 49.9 Å². The van der Waals surface area contributed by atoms with Crippen LogP contribution in [-0.4, -0.2) is 24.9 Å². The topological polar surface area (TPSA) is 64.5 Å². The smallest absolute Gasteiger partial charge is 0.194 e. The Bertz CT molecular complexity index is 1030. The van der Waals surface area contributed by atoms with Crippen LogP contribution < -0.4 is 0 Å². The molecule has 4 aromatic rings. The number of aromatic nitrogens is 5. The summed E-state index contributed by atoms with van der Waals surface area (Å²) in [6, 6.07) is 13.8. The fourth-order valence-corrected chi connectivity index (χ4v) is 3.54. The maximum Gasteiger partial charge on any atom is 0.194 e. The van der Waals surface area contributed by atoms with Crippen molar-refractivity contribution in [1.29, 1.82) is 0 Å². The Balaban J connectivity index is 1.86. The Morgan fingerprint density at radius 2 is 1.64 bits per heavy atom. The van der Waals surface area contributed by atoms with Crippen LogP contribution in [0.5, 0.6) is 0 Å². The van der Waals surface area contributed by atoms with E-state index in [4.69, 9.17) is 4.98 Å². The molecule has 0 radical (unpaired) electrons. The molecule has 5 nitrogen and oxygen atoms in total. The number of hydrogen-bond donors (Lipinski definition) is 0. The molecule has 0 aliphatic rings. The van der Waals surface area contributed by atoms with Crippen molar-refractivity contribution in [2.75, 3.05) is 0 Å². The molecule has 3 aromatic heterocycles. The summed E-state index contributed by atoms with van der Waals surface area (Å²) < 4.78 is 0. The molecule has 0 fully saturated rings. The molecule has 0 aliphatic heterocycles. The van der Waals surface area contributed by atoms with Crippen LogP contribution in [0.15, 0.2) is 65.0 Å². The Morgan fingerprint density at radius 1 is 0.840 bits per heavy atom. The zero-order valence-corrected chi connectivity index (χ0v) is 14.7. The van der Waals surface area contributed by atoms with Crippen molar-refractivity contribution >= 4 is 22.7 Å². The first-order valence-corrected chi connectivity index (χ1v) is 8.68. The number of fused-ring (bicyclic) bond motifs is 1. The SMILES string of the molecule is Cc1cc(C)nc(Sc2nc(-c3cccnc3)nc3ccccc23)n1. The normalized spacial score (nSPS) is 11.0. The third-order valence-corrected chi connectivity index (χ3v) is 4.51. The summed E-state index contributed by atoms with van der Waals surface area (Å²) in [6.45, 7) is 3.94. The molecular weight excluding hydrogens is 330 g/mol. The van der Waals surface area contributed by atoms with Gasteiger partial charge in [-0.1, -0.05) is 18.2 Å². The molecule has 0 aliphatic carbocycles. The highest BCUT2D eigenvalue weighted by Gasteiger charge is 2.12. The van der Waals surface area contributed by atoms with E-state index in [2.05, 4.69) is 19.9 Å². The lowest BCUT2D eigenvalue weighted by Crippen LogP contribution is -1.97. The molecule has 0 spiro atoms. The lowest BCUT2D eigenvalue weighted by Gasteiger charge is -2.08. The molecule has 0 N–H and O–H groups in total. The highest BCUT2D eigenvalue weighted by Crippen LogP contribution is 2.31. The van der Waals surface area contributed by atoms with Crippen molar-refractivity contribution in [1.82, 2.24) is 24.9 Å². The Labute approximate surface area is 149 Å². The van der Waals surface area contributed by atoms with Crippen LogP contribution in [0.25, 0.3) is 22.3 Å². The van der Waals surface area contributed by atoms with Gasteiger partial charge in [-0.3, -0.25) is 4.98 Å². The molecule has 0 bridgehead atoms. The quantitative estimate of drug-likeness (QED) is 0.408. The summed E-state index contributed by atoms with van der Waals surface area (Å²) in [4.78, 5) is 22.6. The summed E-state index contributed by atoms with van der Waals surface area (Å²) >= 11 is 1.46. The zero-order valence-electron chi connectivity index (χ0n) is 13.8. The highest BCUT2D eigenvalue weighted by atomic mass is 32.2. The zero-order chi connectivity index (χ0) is 17.2. The number of hydrogen-bond acceptors (Lipinski definition) is 6. The predicted molar refractivity (Wildman–Crippen MR) is 98.4 cm³/mol. The standard InChI is InChI=1S/C19H15N5S/c1-12-10-13(2)22-19(21-12)25-18-15-7-3-4-8-16(15)23-17(24-18)14-6-5-9-20-11-14/h3-11H,1-2H3. The molecule has 0 saturated carbocycles. The fraction of sp³-hybridized carbons (Fsp3) is 0.105. The van der Waals surface area contributed by atoms with E-state index in [1.807, 2.05) is 56.3 Å². The summed E-state index contributed by atoms with van der Waals surface area (Å²) in [6.07, 6.45) is 3.51. The third kappa shape index (κ3) is 3.34. The molecule has 4 rings (SSSR count). The van der Waals surface area contributed by atoms with E-state index in [0.717, 1.165) is 32.9 Å². The first-order valence-electron chi connectivity index (χ1n) is 7.86. The molecule has 1 aromatic carbocycles. The van der Waals surface area contributed by atoms with Crippen molar-refractivity contribution in [2.45, 2.75) is 24.0 Å². The molecule has 0 saturated heterocycles. The number of pyridine rings is 1. The first-order chi connectivity index (χ1) is 12.2. The van der Waals surface area contributed by atoms with Gasteiger partial charge in [0, 0.05) is 34.7 Å². The number of benzene rings is 1. The molecule has 0 amide bonds. The van der Waals surface area contributed by atoms with Crippen LogP contribution in [0.1, 0.15) is 11.4 Å². The second-order valence-corrected chi connectivity index (χ2v) is 6.60. The van der Waals surface area contributed by atoms with Crippen LogP contribution in [-0.2, 0) is 0 Å². The lowest BCUT2D eigenvalue weighted by molar-refractivity contribution is 0.899. The second-order valence-electron chi connectivity index (χ2n) is 5.65. The molecule has 3 heterocycles. The van der Waals surface area contributed by atoms with Gasteiger partial charge in [-0.2, -0.15) is 0 Å². The van der Waals surface area contributed by atoms with E-state index >= 15 is 0 Å². The van der Waals surface area contributed by atoms with E-state index in [1.54, 1.807) is 12.4 Å². The van der Waals surface area contributed by atoms with Crippen molar-refractivity contribution in [3.8, 4) is 11.4 Å². The monoisotopic (exact) mass is 345 g/mol. The minimum absolute atomic E-state index is 0.652. The van der Waals surface area contributed by atoms with Crippen LogP contribution in [0.2, 0.25) is 0 Å². The van der Waals surface area contributed by atoms with E-state index in [1.165, 1.54) is 11.8 Å². The van der Waals surface area contributed by atoms with Gasteiger partial charge in [0.2, 0.25) is 0 Å². The second kappa shape index (κ2) is 6.57. The number of rotatable bonds is 3. The first kappa shape index (κ1) is 15.7. The largest absolute Gasteiger partial charge is 0.264 e.